The third-order valence-electron chi connectivity index (χ3n) is 6.14. The summed E-state index contributed by atoms with van der Waals surface area (Å²) in [5, 5.41) is 2.06. The van der Waals surface area contributed by atoms with Gasteiger partial charge in [0.05, 0.1) is 39.4 Å². The fraction of sp³-hybridized carbons (Fsp3) is 0.280. The van der Waals surface area contributed by atoms with E-state index in [1.165, 1.54) is 24.3 Å². The van der Waals surface area contributed by atoms with Gasteiger partial charge in [-0.15, -0.1) is 0 Å². The lowest BCUT2D eigenvalue weighted by Gasteiger charge is -2.22. The first-order valence-corrected chi connectivity index (χ1v) is 11.3. The second-order valence-corrected chi connectivity index (χ2v) is 8.94. The maximum absolute atomic E-state index is 12.9. The molecule has 1 aliphatic heterocycles. The quantitative estimate of drug-likeness (QED) is 0.345. The molecule has 1 aliphatic carbocycles. The van der Waals surface area contributed by atoms with Crippen LogP contribution in [0.25, 0.3) is 0 Å². The smallest absolute Gasteiger partial charge is 0.416 e. The number of imide groups is 1. The number of hydrogen-bond acceptors (Lipinski definition) is 5. The SMILES string of the molecule is C[C@@H]1C=CC[C@@H]2C(=O)N(c3ccc(C(=O)OCC(=O)Nc4cc(C(F)(F)F)ccc4Cl)cc3)C(=O)[C@H]12. The average Bonchev–Trinajstić information content (AvgIpc) is 3.09. The molecule has 1 fully saturated rings. The van der Waals surface area contributed by atoms with Gasteiger partial charge in [-0.3, -0.25) is 19.3 Å². The van der Waals surface area contributed by atoms with E-state index in [-0.39, 0.29) is 34.0 Å². The van der Waals surface area contributed by atoms with Gasteiger partial charge in [0.1, 0.15) is 0 Å². The van der Waals surface area contributed by atoms with Crippen LogP contribution in [0, 0.1) is 17.8 Å². The number of fused-ring (bicyclic) bond motifs is 1. The monoisotopic (exact) mass is 520 g/mol. The summed E-state index contributed by atoms with van der Waals surface area (Å²) in [5.74, 6) is -3.24. The van der Waals surface area contributed by atoms with Gasteiger partial charge in [-0.05, 0) is 54.8 Å². The Bertz CT molecular complexity index is 1260. The first-order chi connectivity index (χ1) is 17.0. The minimum atomic E-state index is -4.62. The summed E-state index contributed by atoms with van der Waals surface area (Å²) in [6.45, 7) is 1.11. The number of anilines is 2. The van der Waals surface area contributed by atoms with E-state index >= 15 is 0 Å². The van der Waals surface area contributed by atoms with Gasteiger partial charge in [0.25, 0.3) is 5.91 Å². The molecule has 0 radical (unpaired) electrons. The summed E-state index contributed by atoms with van der Waals surface area (Å²) in [4.78, 5) is 51.2. The first kappa shape index (κ1) is 25.4. The van der Waals surface area contributed by atoms with Crippen molar-refractivity contribution in [3.63, 3.8) is 0 Å². The molecule has 1 heterocycles. The van der Waals surface area contributed by atoms with Gasteiger partial charge >= 0.3 is 12.1 Å². The minimum absolute atomic E-state index is 0.0511. The Morgan fingerprint density at radius 3 is 2.44 bits per heavy atom. The summed E-state index contributed by atoms with van der Waals surface area (Å²) >= 11 is 5.84. The van der Waals surface area contributed by atoms with Crippen LogP contribution in [0.2, 0.25) is 5.02 Å². The van der Waals surface area contributed by atoms with E-state index in [1.54, 1.807) is 0 Å². The summed E-state index contributed by atoms with van der Waals surface area (Å²) in [6, 6.07) is 8.02. The standard InChI is InChI=1S/C25H20ClF3N2O5/c1-13-3-2-4-17-21(13)23(34)31(22(17)33)16-8-5-14(6-9-16)24(35)36-12-20(32)30-19-11-15(25(27,28)29)7-10-18(19)26/h2-3,5-11,13,17,21H,4,12H2,1H3,(H,30,32)/t13-,17+,21-/m1/s1. The van der Waals surface area contributed by atoms with Crippen molar-refractivity contribution >= 4 is 46.7 Å². The molecule has 1 saturated heterocycles. The van der Waals surface area contributed by atoms with Crippen molar-refractivity contribution < 1.29 is 37.1 Å². The van der Waals surface area contributed by atoms with Gasteiger partial charge in [-0.1, -0.05) is 30.7 Å². The van der Waals surface area contributed by atoms with Crippen molar-refractivity contribution in [3.8, 4) is 0 Å². The predicted octanol–water partition coefficient (Wildman–Crippen LogP) is 4.86. The molecule has 3 amide bonds. The molecule has 2 aliphatic rings. The van der Waals surface area contributed by atoms with E-state index in [9.17, 15) is 32.3 Å². The highest BCUT2D eigenvalue weighted by atomic mass is 35.5. The van der Waals surface area contributed by atoms with Gasteiger partial charge in [-0.2, -0.15) is 13.2 Å². The number of carbonyl (C=O) groups is 4. The Balaban J connectivity index is 1.37. The second kappa shape index (κ2) is 9.77. The molecule has 2 aromatic carbocycles. The number of ether oxygens (including phenoxy) is 1. The molecule has 1 N–H and O–H groups in total. The number of esters is 1. The molecule has 11 heteroatoms. The third kappa shape index (κ3) is 4.99. The van der Waals surface area contributed by atoms with Crippen LogP contribution in [0.1, 0.15) is 29.3 Å². The number of alkyl halides is 3. The number of amides is 3. The number of nitrogens with zero attached hydrogens (tertiary/aromatic N) is 1. The second-order valence-electron chi connectivity index (χ2n) is 8.53. The van der Waals surface area contributed by atoms with Crippen LogP contribution in [0.3, 0.4) is 0 Å². The lowest BCUT2D eigenvalue weighted by Crippen LogP contribution is -2.31. The van der Waals surface area contributed by atoms with Gasteiger partial charge in [0.2, 0.25) is 11.8 Å². The topological polar surface area (TPSA) is 92.8 Å². The van der Waals surface area contributed by atoms with E-state index in [0.29, 0.717) is 18.2 Å². The van der Waals surface area contributed by atoms with E-state index < -0.39 is 42.1 Å². The summed E-state index contributed by atoms with van der Waals surface area (Å²) in [5.41, 5.74) is -0.906. The molecule has 2 aromatic rings. The zero-order valence-corrected chi connectivity index (χ0v) is 19.6. The largest absolute Gasteiger partial charge is 0.452 e. The lowest BCUT2D eigenvalue weighted by atomic mass is 9.78. The van der Waals surface area contributed by atoms with Crippen LogP contribution in [0.4, 0.5) is 24.5 Å². The number of benzene rings is 2. The Labute approximate surface area is 208 Å². The molecular formula is C25H20ClF3N2O5. The maximum atomic E-state index is 12.9. The fourth-order valence-corrected chi connectivity index (χ4v) is 4.51. The Kier molecular flexibility index (Phi) is 6.90. The van der Waals surface area contributed by atoms with E-state index in [2.05, 4.69) is 5.32 Å². The number of rotatable bonds is 5. The number of allylic oxidation sites excluding steroid dienone is 2. The molecule has 188 valence electrons. The molecule has 0 spiro atoms. The summed E-state index contributed by atoms with van der Waals surface area (Å²) in [7, 11) is 0. The van der Waals surface area contributed by atoms with Crippen LogP contribution in [-0.4, -0.2) is 30.3 Å². The number of carbonyl (C=O) groups excluding carboxylic acids is 4. The molecule has 7 nitrogen and oxygen atoms in total. The van der Waals surface area contributed by atoms with E-state index in [1.807, 2.05) is 19.1 Å². The molecule has 0 saturated carbocycles. The predicted molar refractivity (Wildman–Crippen MR) is 124 cm³/mol. The van der Waals surface area contributed by atoms with Gasteiger partial charge in [0.15, 0.2) is 6.61 Å². The Morgan fingerprint density at radius 2 is 1.81 bits per heavy atom. The summed E-state index contributed by atoms with van der Waals surface area (Å²) < 4.78 is 43.6. The third-order valence-corrected chi connectivity index (χ3v) is 6.47. The summed E-state index contributed by atoms with van der Waals surface area (Å²) in [6.07, 6.45) is -0.308. The first-order valence-electron chi connectivity index (χ1n) is 11.0. The van der Waals surface area contributed by atoms with E-state index in [4.69, 9.17) is 16.3 Å². The van der Waals surface area contributed by atoms with Crippen molar-refractivity contribution in [3.05, 3.63) is 70.8 Å². The van der Waals surface area contributed by atoms with Crippen LogP contribution in [-0.2, 0) is 25.3 Å². The van der Waals surface area contributed by atoms with Gasteiger partial charge in [0, 0.05) is 0 Å². The van der Waals surface area contributed by atoms with Crippen molar-refractivity contribution in [1.29, 1.82) is 0 Å². The van der Waals surface area contributed by atoms with Crippen molar-refractivity contribution in [2.45, 2.75) is 19.5 Å². The maximum Gasteiger partial charge on any atom is 0.416 e. The Morgan fingerprint density at radius 1 is 1.11 bits per heavy atom. The normalized spacial score (nSPS) is 21.4. The molecule has 4 rings (SSSR count). The van der Waals surface area contributed by atoms with Gasteiger partial charge in [-0.25, -0.2) is 4.79 Å². The zero-order valence-electron chi connectivity index (χ0n) is 18.8. The van der Waals surface area contributed by atoms with Crippen LogP contribution >= 0.6 is 11.6 Å². The van der Waals surface area contributed by atoms with E-state index in [0.717, 1.165) is 17.0 Å². The van der Waals surface area contributed by atoms with Crippen LogP contribution in [0.5, 0.6) is 0 Å². The number of halogens is 4. The highest BCUT2D eigenvalue weighted by Gasteiger charge is 2.50. The van der Waals surface area contributed by atoms with Crippen LogP contribution in [0.15, 0.2) is 54.6 Å². The molecule has 0 unspecified atom stereocenters. The van der Waals surface area contributed by atoms with Crippen molar-refractivity contribution in [2.75, 3.05) is 16.8 Å². The fourth-order valence-electron chi connectivity index (χ4n) is 4.35. The highest BCUT2D eigenvalue weighted by Crippen LogP contribution is 2.40. The molecule has 0 bridgehead atoms. The molecule has 3 atom stereocenters. The molecule has 0 aromatic heterocycles. The Hall–Kier alpha value is -3.66. The van der Waals surface area contributed by atoms with Crippen molar-refractivity contribution in [1.82, 2.24) is 0 Å². The number of hydrogen-bond donors (Lipinski definition) is 1. The van der Waals surface area contributed by atoms with Crippen molar-refractivity contribution in [2.24, 2.45) is 17.8 Å². The number of nitrogens with one attached hydrogen (secondary N) is 1. The zero-order chi connectivity index (χ0) is 26.2. The van der Waals surface area contributed by atoms with Gasteiger partial charge < -0.3 is 10.1 Å². The highest BCUT2D eigenvalue weighted by molar-refractivity contribution is 6.33. The van der Waals surface area contributed by atoms with Crippen LogP contribution < -0.4 is 10.2 Å². The molecular weight excluding hydrogens is 501 g/mol. The average molecular weight is 521 g/mol. The molecule has 36 heavy (non-hydrogen) atoms. The minimum Gasteiger partial charge on any atom is -0.452 e. The lowest BCUT2D eigenvalue weighted by molar-refractivity contribution is -0.137.